The molecule has 71 heavy (non-hydrogen) atoms. The number of benzene rings is 4. The molecule has 2 bridgehead atoms. The van der Waals surface area contributed by atoms with Gasteiger partial charge in [-0.05, 0) is 72.9 Å². The molecule has 3 aliphatic carbocycles. The van der Waals surface area contributed by atoms with E-state index in [1.165, 1.54) is 18.2 Å². The van der Waals surface area contributed by atoms with E-state index in [1.54, 1.807) is 54.8 Å². The summed E-state index contributed by atoms with van der Waals surface area (Å²) >= 11 is 13.1. The topological polar surface area (TPSA) is 232 Å². The first-order chi connectivity index (χ1) is 33.8. The first-order valence-electron chi connectivity index (χ1n) is 23.8. The Hall–Kier alpha value is -5.84. The lowest BCUT2D eigenvalue weighted by Crippen LogP contribution is -2.73. The summed E-state index contributed by atoms with van der Waals surface area (Å²) in [5.41, 5.74) is 1.51. The third-order valence-corrected chi connectivity index (χ3v) is 16.0. The Balaban J connectivity index is 0.871. The van der Waals surface area contributed by atoms with Crippen LogP contribution in [0.3, 0.4) is 0 Å². The molecule has 3 saturated carbocycles. The van der Waals surface area contributed by atoms with Gasteiger partial charge in [0, 0.05) is 84.3 Å². The highest BCUT2D eigenvalue weighted by molar-refractivity contribution is 7.46. The zero-order valence-electron chi connectivity index (χ0n) is 39.4. The van der Waals surface area contributed by atoms with Crippen molar-refractivity contribution in [3.05, 3.63) is 83.9 Å². The Bertz CT molecular complexity index is 2960. The van der Waals surface area contributed by atoms with Crippen LogP contribution >= 0.6 is 31.0 Å². The summed E-state index contributed by atoms with van der Waals surface area (Å²) < 4.78 is 17.2. The van der Waals surface area contributed by atoms with Crippen LogP contribution in [0.25, 0.3) is 21.5 Å². The SMILES string of the molecule is CC(C)[C@H](NC(=O)CCCCCN1C(=O)C=CC1=O)C(=O)N[C@@H](C)C(=O)Nc1cc2c(c3ccccc13)[C@H](CCl)CN2C(=O)C12CC(C(=O)N3CC(CCl)c4c3cc(OP(=O)(O)O)c3ccccc43)(C1)C2. The standard InChI is InChI=1S/C51H55Cl2N6O11P/c1-28(2)45(56-40(60)15-5-4-10-18-57-41(61)16-17-42(57)62)47(64)54-29(3)46(63)55-36-19-37-43(34-13-8-6-11-32(34)36)30(21-52)23-58(37)48(65)50-25-51(26-50,27-50)49(66)59-24-31(22-53)44-35-14-9-7-12-33(35)39(20-38(44)59)70-71(67,68)69/h6-9,11-14,16-17,19-20,28-31,45H,4-5,10,15,18,21-27H2,1-3H3,(H,54,64)(H,55,63)(H,56,60)(H2,67,68,69)/t29-,30+,31?,45-,50?,51?/m0/s1. The molecular formula is C51H55Cl2N6O11P. The fourth-order valence-electron chi connectivity index (χ4n) is 11.4. The van der Waals surface area contributed by atoms with Crippen molar-refractivity contribution in [1.29, 1.82) is 0 Å². The number of nitrogens with zero attached hydrogens (tertiary/aromatic N) is 3. The monoisotopic (exact) mass is 1030 g/mol. The molecule has 3 fully saturated rings. The molecule has 1 unspecified atom stereocenters. The van der Waals surface area contributed by atoms with Gasteiger partial charge in [-0.25, -0.2) is 4.57 Å². The number of hydrogen-bond acceptors (Lipinski definition) is 9. The Morgan fingerprint density at radius 3 is 1.79 bits per heavy atom. The highest BCUT2D eigenvalue weighted by atomic mass is 35.5. The number of halogens is 2. The van der Waals surface area contributed by atoms with E-state index in [4.69, 9.17) is 27.7 Å². The summed E-state index contributed by atoms with van der Waals surface area (Å²) in [6, 6.07) is 15.8. The average molecular weight is 1030 g/mol. The molecule has 3 heterocycles. The number of nitrogens with one attached hydrogen (secondary N) is 3. The quantitative estimate of drug-likeness (QED) is 0.0303. The minimum absolute atomic E-state index is 0.0530. The largest absolute Gasteiger partial charge is 0.524 e. The van der Waals surface area contributed by atoms with E-state index in [9.17, 15) is 47.9 Å². The van der Waals surface area contributed by atoms with Gasteiger partial charge in [0.05, 0.1) is 22.2 Å². The molecule has 4 atom stereocenters. The van der Waals surface area contributed by atoms with Gasteiger partial charge < -0.3 is 30.3 Å². The van der Waals surface area contributed by atoms with E-state index in [1.807, 2.05) is 30.3 Å². The average Bonchev–Trinajstić information content (AvgIpc) is 3.98. The van der Waals surface area contributed by atoms with Gasteiger partial charge in [-0.2, -0.15) is 0 Å². The van der Waals surface area contributed by atoms with Crippen molar-refractivity contribution in [2.45, 2.75) is 89.6 Å². The molecule has 0 saturated heterocycles. The second-order valence-electron chi connectivity index (χ2n) is 19.9. The van der Waals surface area contributed by atoms with Gasteiger partial charge in [0.15, 0.2) is 0 Å². The number of rotatable bonds is 18. The van der Waals surface area contributed by atoms with E-state index in [0.717, 1.165) is 21.4 Å². The number of hydrogen-bond donors (Lipinski definition) is 5. The van der Waals surface area contributed by atoms with Gasteiger partial charge in [0.25, 0.3) is 11.8 Å². The number of phosphoric ester groups is 1. The summed E-state index contributed by atoms with van der Waals surface area (Å²) in [6.45, 7) is 5.93. The molecule has 17 nitrogen and oxygen atoms in total. The number of alkyl halides is 2. The molecule has 4 aromatic rings. The second kappa shape index (κ2) is 19.3. The molecule has 0 spiro atoms. The number of fused-ring (bicyclic) bond motifs is 6. The first-order valence-corrected chi connectivity index (χ1v) is 26.4. The van der Waals surface area contributed by atoms with E-state index in [2.05, 4.69) is 16.0 Å². The van der Waals surface area contributed by atoms with E-state index < -0.39 is 42.6 Å². The fourth-order valence-corrected chi connectivity index (χ4v) is 12.3. The number of imide groups is 1. The lowest BCUT2D eigenvalue weighted by atomic mass is 9.34. The Kier molecular flexibility index (Phi) is 13.6. The molecule has 5 N–H and O–H groups in total. The van der Waals surface area contributed by atoms with Crippen LogP contribution in [0.15, 0.2) is 72.8 Å². The summed E-state index contributed by atoms with van der Waals surface area (Å²) in [7, 11) is -4.96. The zero-order valence-corrected chi connectivity index (χ0v) is 41.8. The lowest BCUT2D eigenvalue weighted by Gasteiger charge is -2.69. The minimum Gasteiger partial charge on any atom is -0.404 e. The highest BCUT2D eigenvalue weighted by Gasteiger charge is 2.76. The molecule has 374 valence electrons. The molecule has 0 aromatic heterocycles. The number of phosphoric acid groups is 1. The van der Waals surface area contributed by atoms with Crippen LogP contribution in [0.4, 0.5) is 17.1 Å². The van der Waals surface area contributed by atoms with Crippen molar-refractivity contribution in [1.82, 2.24) is 15.5 Å². The molecule has 7 amide bonds. The van der Waals surface area contributed by atoms with Crippen LogP contribution in [0.5, 0.6) is 5.75 Å². The predicted octanol–water partition coefficient (Wildman–Crippen LogP) is 6.74. The van der Waals surface area contributed by atoms with E-state index in [-0.39, 0.29) is 84.3 Å². The maximum Gasteiger partial charge on any atom is 0.524 e. The van der Waals surface area contributed by atoms with Crippen molar-refractivity contribution in [3.8, 4) is 5.75 Å². The van der Waals surface area contributed by atoms with Crippen molar-refractivity contribution in [2.75, 3.05) is 46.5 Å². The Morgan fingerprint density at radius 1 is 0.732 bits per heavy atom. The van der Waals surface area contributed by atoms with Crippen molar-refractivity contribution >= 4 is 111 Å². The lowest BCUT2D eigenvalue weighted by molar-refractivity contribution is -0.205. The van der Waals surface area contributed by atoms with Crippen molar-refractivity contribution < 1.29 is 52.4 Å². The normalized spacial score (nSPS) is 22.8. The summed E-state index contributed by atoms with van der Waals surface area (Å²) in [5.74, 6) is -2.87. The summed E-state index contributed by atoms with van der Waals surface area (Å²) in [6.07, 6.45) is 5.12. The van der Waals surface area contributed by atoms with Crippen molar-refractivity contribution in [3.63, 3.8) is 0 Å². The summed E-state index contributed by atoms with van der Waals surface area (Å²) in [4.78, 5) is 117. The van der Waals surface area contributed by atoms with E-state index in [0.29, 0.717) is 78.3 Å². The molecule has 3 aliphatic heterocycles. The third-order valence-electron chi connectivity index (χ3n) is 14.8. The van der Waals surface area contributed by atoms with Gasteiger partial charge in [-0.1, -0.05) is 68.8 Å². The summed E-state index contributed by atoms with van der Waals surface area (Å²) in [5, 5.41) is 11.2. The van der Waals surface area contributed by atoms with Crippen LogP contribution in [-0.4, -0.2) is 99.5 Å². The van der Waals surface area contributed by atoms with Gasteiger partial charge in [-0.15, -0.1) is 23.2 Å². The first kappa shape index (κ1) is 50.1. The van der Waals surface area contributed by atoms with Gasteiger partial charge in [-0.3, -0.25) is 48.2 Å². The van der Waals surface area contributed by atoms with Gasteiger partial charge in [0.2, 0.25) is 29.5 Å². The van der Waals surface area contributed by atoms with E-state index >= 15 is 0 Å². The Morgan fingerprint density at radius 2 is 1.25 bits per heavy atom. The smallest absolute Gasteiger partial charge is 0.404 e. The Labute approximate surface area is 419 Å². The minimum atomic E-state index is -4.96. The fraction of sp³-hybridized carbons (Fsp3) is 0.431. The number of anilines is 3. The molecule has 0 radical (unpaired) electrons. The number of carbonyl (C=O) groups is 7. The van der Waals surface area contributed by atoms with Gasteiger partial charge >= 0.3 is 7.82 Å². The molecule has 20 heteroatoms. The van der Waals surface area contributed by atoms with Crippen LogP contribution in [0.2, 0.25) is 0 Å². The van der Waals surface area contributed by atoms with Crippen LogP contribution < -0.4 is 30.3 Å². The zero-order chi connectivity index (χ0) is 50.7. The van der Waals surface area contributed by atoms with Crippen LogP contribution in [-0.2, 0) is 38.1 Å². The van der Waals surface area contributed by atoms with Crippen LogP contribution in [0.1, 0.15) is 88.7 Å². The molecule has 6 aliphatic rings. The number of unbranched alkanes of at least 4 members (excludes halogenated alkanes) is 2. The maximum atomic E-state index is 14.8. The molecular weight excluding hydrogens is 974 g/mol. The van der Waals surface area contributed by atoms with Crippen LogP contribution in [0, 0.1) is 16.7 Å². The second-order valence-corrected chi connectivity index (χ2v) is 21.7. The number of amides is 7. The van der Waals surface area contributed by atoms with Gasteiger partial charge in [0.1, 0.15) is 17.8 Å². The molecule has 4 aromatic carbocycles. The highest BCUT2D eigenvalue weighted by Crippen LogP contribution is 2.75. The third kappa shape index (κ3) is 9.20. The number of carbonyl (C=O) groups excluding carboxylic acids is 7. The predicted molar refractivity (Wildman–Crippen MR) is 268 cm³/mol. The van der Waals surface area contributed by atoms with Crippen molar-refractivity contribution in [2.24, 2.45) is 16.7 Å². The molecule has 10 rings (SSSR count). The maximum absolute atomic E-state index is 14.8.